The molecule has 1 fully saturated rings. The summed E-state index contributed by atoms with van der Waals surface area (Å²) in [6.07, 6.45) is -4.12. The van der Waals surface area contributed by atoms with Crippen molar-refractivity contribution in [1.29, 1.82) is 0 Å². The number of ether oxygens (including phenoxy) is 5. The van der Waals surface area contributed by atoms with E-state index in [9.17, 15) is 43.5 Å². The summed E-state index contributed by atoms with van der Waals surface area (Å²) < 4.78 is 28.9. The van der Waals surface area contributed by atoms with Crippen LogP contribution in [0.15, 0.2) is 54.6 Å². The predicted octanol–water partition coefficient (Wildman–Crippen LogP) is 4.44. The number of benzene rings is 3. The second-order valence-corrected chi connectivity index (χ2v) is 23.9. The lowest BCUT2D eigenvalue weighted by Crippen LogP contribution is -2.57. The smallest absolute Gasteiger partial charge is 0.407 e. The number of hydrogen-bond donors (Lipinski definition) is 8. The molecule has 2 aliphatic heterocycles. The van der Waals surface area contributed by atoms with E-state index >= 15 is 9.59 Å². The highest BCUT2D eigenvalue weighted by atomic mass is 16.7. The Bertz CT molecular complexity index is 3000. The average molecular weight is 1200 g/mol. The molecule has 3 aromatic rings. The lowest BCUT2D eigenvalue weighted by Gasteiger charge is -2.33. The minimum absolute atomic E-state index is 0.0170. The van der Waals surface area contributed by atoms with Crippen LogP contribution in [0.25, 0.3) is 11.1 Å². The minimum Gasteiger partial charge on any atom is -0.491 e. The van der Waals surface area contributed by atoms with E-state index in [0.717, 1.165) is 10.5 Å². The summed E-state index contributed by atoms with van der Waals surface area (Å²) >= 11 is 0. The van der Waals surface area contributed by atoms with Crippen LogP contribution in [-0.4, -0.2) is 162 Å². The van der Waals surface area contributed by atoms with E-state index in [4.69, 9.17) is 28.5 Å². The number of aryl methyl sites for hydroxylation is 2. The number of nitrogens with one attached hydrogen (secondary N) is 7. The second kappa shape index (κ2) is 29.4. The zero-order valence-corrected chi connectivity index (χ0v) is 51.4. The summed E-state index contributed by atoms with van der Waals surface area (Å²) in [4.78, 5) is 143. The largest absolute Gasteiger partial charge is 0.491 e. The van der Waals surface area contributed by atoms with Crippen LogP contribution in [0, 0.1) is 13.8 Å². The van der Waals surface area contributed by atoms with Gasteiger partial charge in [0.25, 0.3) is 11.8 Å². The number of rotatable bonds is 19. The molecule has 5 rings (SSSR count). The zero-order chi connectivity index (χ0) is 64.0. The monoisotopic (exact) mass is 1200 g/mol. The van der Waals surface area contributed by atoms with Gasteiger partial charge < -0.3 is 75.7 Å². The van der Waals surface area contributed by atoms with Crippen LogP contribution < -0.4 is 46.7 Å². The molecule has 0 aromatic heterocycles. The van der Waals surface area contributed by atoms with Crippen molar-refractivity contribution in [2.75, 3.05) is 39.9 Å². The summed E-state index contributed by atoms with van der Waals surface area (Å²) in [7, 11) is 1.32. The zero-order valence-electron chi connectivity index (χ0n) is 51.4. The number of amides is 9. The topological polar surface area (TPSA) is 337 Å². The molecule has 6 atom stereocenters. The standard InChI is InChI=1S/C60H83N9O17/c1-33-15-18-39(34(2)29-33)50(73)66-42(23-24-61-55(78)83-58(5,6)7)53(76)68(14)48-38-17-20-45(82-28-26-63-57(80)85-60(11,12)13)41(32-38)40-30-37(16-19-44(40)81-27-25-62-56(79)84-59(8,9)10)31-43(67-49(72)35(3)64-52(48)75)51(74)65-36(4)54(77)86-69-46(70)21-22-47(69)71/h15-20,29-30,32,35-36,42-43,46,48,70H,21-28,31H2,1-14H3,(H,61,78)(H,62,79)(H,63,80)(H,64,75)(H,65,74)(H,66,73)(H,67,72)/t35-,36-,42-,43-,46?,48-/m0/s1. The fraction of sp³-hybridized carbons (Fsp3) is 0.533. The number of carbonyl (C=O) groups is 10. The molecule has 2 aliphatic rings. The van der Waals surface area contributed by atoms with E-state index in [1.807, 2.05) is 6.92 Å². The van der Waals surface area contributed by atoms with Crippen molar-refractivity contribution in [1.82, 2.24) is 47.2 Å². The Morgan fingerprint density at radius 1 is 0.709 bits per heavy atom. The molecule has 0 aliphatic carbocycles. The van der Waals surface area contributed by atoms with Gasteiger partial charge in [0.15, 0.2) is 6.23 Å². The fourth-order valence-electron chi connectivity index (χ4n) is 8.88. The van der Waals surface area contributed by atoms with E-state index in [-0.39, 0.29) is 92.3 Å². The third kappa shape index (κ3) is 20.5. The number of aliphatic hydroxyl groups excluding tert-OH is 1. The molecule has 9 amide bonds. The van der Waals surface area contributed by atoms with Crippen LogP contribution in [0.1, 0.15) is 134 Å². The molecule has 1 unspecified atom stereocenters. The highest BCUT2D eigenvalue weighted by Crippen LogP contribution is 2.40. The number of likely N-dealkylation sites (N-methyl/N-ethyl adjacent to an activating group) is 1. The van der Waals surface area contributed by atoms with Gasteiger partial charge in [0.1, 0.15) is 71.7 Å². The Kier molecular flexibility index (Phi) is 23.3. The van der Waals surface area contributed by atoms with Gasteiger partial charge in [-0.25, -0.2) is 19.2 Å². The molecule has 86 heavy (non-hydrogen) atoms. The van der Waals surface area contributed by atoms with Crippen molar-refractivity contribution in [3.63, 3.8) is 0 Å². The Morgan fingerprint density at radius 2 is 1.26 bits per heavy atom. The summed E-state index contributed by atoms with van der Waals surface area (Å²) in [5.74, 6) is -5.55. The molecule has 0 saturated carbocycles. The first kappa shape index (κ1) is 68.1. The maximum atomic E-state index is 15.2. The molecular formula is C60H83N9O17. The molecule has 2 heterocycles. The normalized spacial score (nSPS) is 17.8. The number of nitrogens with zero attached hydrogens (tertiary/aromatic N) is 2. The average Bonchev–Trinajstić information content (AvgIpc) is 1.65. The van der Waals surface area contributed by atoms with Gasteiger partial charge in [0, 0.05) is 49.5 Å². The van der Waals surface area contributed by atoms with Crippen LogP contribution in [0.4, 0.5) is 14.4 Å². The first-order valence-electron chi connectivity index (χ1n) is 28.3. The number of aliphatic hydroxyl groups is 1. The molecule has 8 N–H and O–H groups in total. The number of hydroxylamine groups is 2. The van der Waals surface area contributed by atoms with Crippen molar-refractivity contribution in [3.05, 3.63) is 82.4 Å². The number of alkyl carbamates (subject to hydrolysis) is 3. The summed E-state index contributed by atoms with van der Waals surface area (Å²) in [5, 5.41) is 29.3. The predicted molar refractivity (Wildman–Crippen MR) is 312 cm³/mol. The third-order valence-corrected chi connectivity index (χ3v) is 12.9. The molecule has 1 saturated heterocycles. The Hall–Kier alpha value is -8.68. The summed E-state index contributed by atoms with van der Waals surface area (Å²) in [5.41, 5.74) is 0.326. The van der Waals surface area contributed by atoms with E-state index in [1.165, 1.54) is 33.0 Å². The molecule has 26 nitrogen and oxygen atoms in total. The maximum Gasteiger partial charge on any atom is 0.407 e. The van der Waals surface area contributed by atoms with Gasteiger partial charge in [0.2, 0.25) is 23.6 Å². The highest BCUT2D eigenvalue weighted by Gasteiger charge is 2.38. The van der Waals surface area contributed by atoms with E-state index in [1.54, 1.807) is 112 Å². The summed E-state index contributed by atoms with van der Waals surface area (Å²) in [6, 6.07) is 7.15. The van der Waals surface area contributed by atoms with Crippen LogP contribution in [-0.2, 0) is 54.2 Å². The number of carbonyl (C=O) groups excluding carboxylic acids is 10. The van der Waals surface area contributed by atoms with Crippen molar-refractivity contribution in [3.8, 4) is 22.6 Å². The SMILES string of the molecule is Cc1ccc(C(=O)N[C@@H](CCNC(=O)OC(C)(C)C)C(=O)N(C)[C@@H]2C(=O)N[C@@H](C)C(=O)N[C@H](C(=O)N[C@@H](C)C(=O)ON3C(=O)CCC3O)Cc3ccc(OCCNC(=O)OC(C)(C)C)c(c3)-c3cc2ccc3OCCNC(=O)OC(C)(C)C)c(C)c1. The first-order valence-corrected chi connectivity index (χ1v) is 28.3. The lowest BCUT2D eigenvalue weighted by molar-refractivity contribution is -0.221. The highest BCUT2D eigenvalue weighted by molar-refractivity contribution is 6.00. The van der Waals surface area contributed by atoms with Gasteiger partial charge in [-0.3, -0.25) is 28.8 Å². The summed E-state index contributed by atoms with van der Waals surface area (Å²) in [6.45, 7) is 20.9. The first-order chi connectivity index (χ1) is 40.1. The maximum absolute atomic E-state index is 15.2. The number of hydrogen-bond acceptors (Lipinski definition) is 17. The Morgan fingerprint density at radius 3 is 1.79 bits per heavy atom. The second-order valence-electron chi connectivity index (χ2n) is 23.9. The molecule has 26 heteroatoms. The molecule has 4 bridgehead atoms. The quantitative estimate of drug-likeness (QED) is 0.0607. The Balaban J connectivity index is 1.66. The fourth-order valence-corrected chi connectivity index (χ4v) is 8.88. The van der Waals surface area contributed by atoms with Gasteiger partial charge in [-0.2, -0.15) is 0 Å². The Labute approximate surface area is 500 Å². The molecule has 0 radical (unpaired) electrons. The number of fused-ring (bicyclic) bond motifs is 5. The van der Waals surface area contributed by atoms with Gasteiger partial charge in [-0.1, -0.05) is 29.8 Å². The molecule has 470 valence electrons. The molecule has 3 aromatic carbocycles. The van der Waals surface area contributed by atoms with Crippen molar-refractivity contribution < 1.29 is 81.6 Å². The van der Waals surface area contributed by atoms with Crippen LogP contribution in [0.3, 0.4) is 0 Å². The van der Waals surface area contributed by atoms with Crippen LogP contribution >= 0.6 is 0 Å². The van der Waals surface area contributed by atoms with Crippen molar-refractivity contribution in [2.24, 2.45) is 0 Å². The van der Waals surface area contributed by atoms with Gasteiger partial charge in [-0.15, -0.1) is 5.06 Å². The van der Waals surface area contributed by atoms with Crippen LogP contribution in [0.5, 0.6) is 11.5 Å². The molecular weight excluding hydrogens is 1120 g/mol. The van der Waals surface area contributed by atoms with Crippen molar-refractivity contribution in [2.45, 2.75) is 169 Å². The lowest BCUT2D eigenvalue weighted by atomic mass is 9.93. The van der Waals surface area contributed by atoms with Gasteiger partial charge in [-0.05, 0) is 143 Å². The van der Waals surface area contributed by atoms with Gasteiger partial charge >= 0.3 is 24.2 Å². The van der Waals surface area contributed by atoms with E-state index < -0.39 is 113 Å². The molecule has 0 spiro atoms. The minimum atomic E-state index is -1.63. The third-order valence-electron chi connectivity index (χ3n) is 12.9. The van der Waals surface area contributed by atoms with E-state index in [0.29, 0.717) is 16.2 Å². The van der Waals surface area contributed by atoms with Crippen LogP contribution in [0.2, 0.25) is 0 Å². The van der Waals surface area contributed by atoms with Crippen molar-refractivity contribution >= 4 is 59.7 Å². The van der Waals surface area contributed by atoms with E-state index in [2.05, 4.69) is 37.2 Å². The van der Waals surface area contributed by atoms with Gasteiger partial charge in [0.05, 0.1) is 13.1 Å².